The molecule has 0 radical (unpaired) electrons. The minimum atomic E-state index is -0.731. The van der Waals surface area contributed by atoms with Crippen molar-refractivity contribution >= 4 is 17.5 Å². The average Bonchev–Trinajstić information content (AvgIpc) is 2.59. The van der Waals surface area contributed by atoms with Gasteiger partial charge < -0.3 is 14.7 Å². The minimum absolute atomic E-state index is 0.101. The number of piperidine rings is 1. The third-order valence-electron chi connectivity index (χ3n) is 3.84. The Hall–Kier alpha value is -2.11. The lowest BCUT2D eigenvalue weighted by Gasteiger charge is -2.36. The van der Waals surface area contributed by atoms with Crippen LogP contribution in [0.25, 0.3) is 0 Å². The summed E-state index contributed by atoms with van der Waals surface area (Å²) < 4.78 is 5.80. The fourth-order valence-corrected chi connectivity index (χ4v) is 2.72. The number of nitrogens with zero attached hydrogens (tertiary/aromatic N) is 2. The topological polar surface area (TPSA) is 62.7 Å². The van der Waals surface area contributed by atoms with Gasteiger partial charge in [0, 0.05) is 35.9 Å². The van der Waals surface area contributed by atoms with Gasteiger partial charge in [0.25, 0.3) is 5.91 Å². The molecular weight excluding hydrogens is 316 g/mol. The summed E-state index contributed by atoms with van der Waals surface area (Å²) in [6, 6.07) is 10.4. The average molecular weight is 333 g/mol. The number of β-amino-alcohol motifs (C(OH)–C–C–N with tert-alkyl or cyclic N) is 1. The lowest BCUT2D eigenvalue weighted by atomic mass is 10.0. The number of aliphatic hydroxyl groups is 1. The molecule has 1 aromatic heterocycles. The first-order valence-corrected chi connectivity index (χ1v) is 7.81. The van der Waals surface area contributed by atoms with Crippen LogP contribution < -0.4 is 4.74 Å². The number of amides is 1. The van der Waals surface area contributed by atoms with Gasteiger partial charge in [-0.15, -0.1) is 0 Å². The Bertz CT molecular complexity index is 663. The van der Waals surface area contributed by atoms with Crippen molar-refractivity contribution in [3.05, 3.63) is 59.4 Å². The van der Waals surface area contributed by atoms with Crippen molar-refractivity contribution in [3.8, 4) is 5.75 Å². The molecular formula is C17H17ClN2O3. The number of carbonyl (C=O) groups excluding carboxylic acids is 1. The van der Waals surface area contributed by atoms with E-state index in [1.54, 1.807) is 53.7 Å². The molecule has 0 bridgehead atoms. The molecule has 0 spiro atoms. The maximum Gasteiger partial charge on any atom is 0.254 e. The molecule has 1 aromatic carbocycles. The molecule has 0 aliphatic carbocycles. The van der Waals surface area contributed by atoms with Crippen LogP contribution in [0.1, 0.15) is 16.8 Å². The van der Waals surface area contributed by atoms with Crippen LogP contribution in [0.3, 0.4) is 0 Å². The predicted octanol–water partition coefficient (Wildman–Crippen LogP) is 2.39. The lowest BCUT2D eigenvalue weighted by molar-refractivity contribution is -0.0198. The Labute approximate surface area is 139 Å². The highest BCUT2D eigenvalue weighted by molar-refractivity contribution is 6.30. The molecule has 5 nitrogen and oxygen atoms in total. The molecule has 1 aliphatic heterocycles. The maximum atomic E-state index is 12.4. The van der Waals surface area contributed by atoms with Crippen molar-refractivity contribution < 1.29 is 14.6 Å². The minimum Gasteiger partial charge on any atom is -0.488 e. The summed E-state index contributed by atoms with van der Waals surface area (Å²) in [4.78, 5) is 17.9. The number of carbonyl (C=O) groups is 1. The smallest absolute Gasteiger partial charge is 0.254 e. The lowest BCUT2D eigenvalue weighted by Crippen LogP contribution is -2.51. The van der Waals surface area contributed by atoms with E-state index in [-0.39, 0.29) is 18.6 Å². The summed E-state index contributed by atoms with van der Waals surface area (Å²) >= 11 is 5.84. The van der Waals surface area contributed by atoms with E-state index in [1.807, 2.05) is 0 Å². The van der Waals surface area contributed by atoms with E-state index in [0.717, 1.165) is 0 Å². The van der Waals surface area contributed by atoms with Gasteiger partial charge >= 0.3 is 0 Å². The van der Waals surface area contributed by atoms with Crippen molar-refractivity contribution in [1.29, 1.82) is 0 Å². The fourth-order valence-electron chi connectivity index (χ4n) is 2.60. The van der Waals surface area contributed by atoms with Gasteiger partial charge in [-0.3, -0.25) is 9.78 Å². The number of ether oxygens (including phenoxy) is 1. The SMILES string of the molecule is O=C(c1ccncc1)N1CC[C@@H](Oc2ccc(Cl)cc2)[C@H](O)C1. The van der Waals surface area contributed by atoms with E-state index in [2.05, 4.69) is 4.98 Å². The van der Waals surface area contributed by atoms with Gasteiger partial charge in [0.05, 0.1) is 6.54 Å². The van der Waals surface area contributed by atoms with Crippen LogP contribution in [0.4, 0.5) is 0 Å². The van der Waals surface area contributed by atoms with Crippen molar-refractivity contribution in [2.45, 2.75) is 18.6 Å². The molecule has 1 N–H and O–H groups in total. The fraction of sp³-hybridized carbons (Fsp3) is 0.294. The molecule has 0 saturated carbocycles. The quantitative estimate of drug-likeness (QED) is 0.937. The zero-order valence-electron chi connectivity index (χ0n) is 12.4. The highest BCUT2D eigenvalue weighted by Crippen LogP contribution is 2.22. The molecule has 23 heavy (non-hydrogen) atoms. The summed E-state index contributed by atoms with van der Waals surface area (Å²) in [6.45, 7) is 0.788. The molecule has 0 unspecified atom stereocenters. The zero-order chi connectivity index (χ0) is 16.2. The first-order chi connectivity index (χ1) is 11.1. The van der Waals surface area contributed by atoms with Crippen LogP contribution >= 0.6 is 11.6 Å². The summed E-state index contributed by atoms with van der Waals surface area (Å²) in [5.41, 5.74) is 0.573. The summed E-state index contributed by atoms with van der Waals surface area (Å²) in [5, 5.41) is 10.9. The van der Waals surface area contributed by atoms with E-state index in [1.165, 1.54) is 0 Å². The summed E-state index contributed by atoms with van der Waals surface area (Å²) in [6.07, 6.45) is 2.67. The first kappa shape index (κ1) is 15.8. The molecule has 2 atom stereocenters. The molecule has 120 valence electrons. The van der Waals surface area contributed by atoms with Crippen molar-refractivity contribution in [1.82, 2.24) is 9.88 Å². The predicted molar refractivity (Wildman–Crippen MR) is 86.6 cm³/mol. The van der Waals surface area contributed by atoms with Crippen LogP contribution in [-0.2, 0) is 0 Å². The van der Waals surface area contributed by atoms with Crippen molar-refractivity contribution in [3.63, 3.8) is 0 Å². The largest absolute Gasteiger partial charge is 0.488 e. The maximum absolute atomic E-state index is 12.4. The van der Waals surface area contributed by atoms with Crippen LogP contribution in [0.15, 0.2) is 48.8 Å². The highest BCUT2D eigenvalue weighted by atomic mass is 35.5. The first-order valence-electron chi connectivity index (χ1n) is 7.43. The normalized spacial score (nSPS) is 21.0. The number of rotatable bonds is 3. The Morgan fingerprint density at radius 3 is 2.57 bits per heavy atom. The number of pyridine rings is 1. The summed E-state index contributed by atoms with van der Waals surface area (Å²) in [7, 11) is 0. The van der Waals surface area contributed by atoms with Crippen LogP contribution in [0.2, 0.25) is 5.02 Å². The number of aromatic nitrogens is 1. The number of aliphatic hydroxyl groups excluding tert-OH is 1. The van der Waals surface area contributed by atoms with Gasteiger partial charge in [-0.25, -0.2) is 0 Å². The summed E-state index contributed by atoms with van der Waals surface area (Å²) in [5.74, 6) is 0.559. The monoisotopic (exact) mass is 332 g/mol. The third kappa shape index (κ3) is 3.81. The number of halogens is 1. The third-order valence-corrected chi connectivity index (χ3v) is 4.09. The molecule has 3 rings (SSSR count). The van der Waals surface area contributed by atoms with Gasteiger partial charge in [0.1, 0.15) is 18.0 Å². The van der Waals surface area contributed by atoms with Gasteiger partial charge in [-0.2, -0.15) is 0 Å². The second-order valence-electron chi connectivity index (χ2n) is 5.45. The second kappa shape index (κ2) is 6.98. The molecule has 1 fully saturated rings. The van der Waals surface area contributed by atoms with E-state index < -0.39 is 6.10 Å². The number of hydrogen-bond donors (Lipinski definition) is 1. The molecule has 2 heterocycles. The Balaban J connectivity index is 1.61. The molecule has 1 saturated heterocycles. The van der Waals surface area contributed by atoms with Crippen molar-refractivity contribution in [2.24, 2.45) is 0 Å². The van der Waals surface area contributed by atoms with E-state index in [0.29, 0.717) is 29.3 Å². The van der Waals surface area contributed by atoms with Gasteiger partial charge in [-0.05, 0) is 36.4 Å². The molecule has 1 amide bonds. The van der Waals surface area contributed by atoms with Crippen LogP contribution in [0, 0.1) is 0 Å². The van der Waals surface area contributed by atoms with E-state index >= 15 is 0 Å². The number of benzene rings is 1. The Kier molecular flexibility index (Phi) is 4.79. The van der Waals surface area contributed by atoms with Crippen molar-refractivity contribution in [2.75, 3.05) is 13.1 Å². The molecule has 6 heteroatoms. The molecule has 1 aliphatic rings. The Morgan fingerprint density at radius 2 is 1.91 bits per heavy atom. The van der Waals surface area contributed by atoms with Crippen LogP contribution in [-0.4, -0.2) is 46.2 Å². The zero-order valence-corrected chi connectivity index (χ0v) is 13.2. The van der Waals surface area contributed by atoms with Gasteiger partial charge in [-0.1, -0.05) is 11.6 Å². The standard InChI is InChI=1S/C17H17ClN2O3/c18-13-1-3-14(4-2-13)23-16-7-10-20(11-15(16)21)17(22)12-5-8-19-9-6-12/h1-6,8-9,15-16,21H,7,10-11H2/t15-,16-/m1/s1. The van der Waals surface area contributed by atoms with Gasteiger partial charge in [0.2, 0.25) is 0 Å². The molecule has 2 aromatic rings. The van der Waals surface area contributed by atoms with E-state index in [9.17, 15) is 9.90 Å². The van der Waals surface area contributed by atoms with E-state index in [4.69, 9.17) is 16.3 Å². The number of likely N-dealkylation sites (tertiary alicyclic amines) is 1. The number of hydrogen-bond acceptors (Lipinski definition) is 4. The van der Waals surface area contributed by atoms with Crippen LogP contribution in [0.5, 0.6) is 5.75 Å². The second-order valence-corrected chi connectivity index (χ2v) is 5.89. The highest BCUT2D eigenvalue weighted by Gasteiger charge is 2.31. The Morgan fingerprint density at radius 1 is 1.22 bits per heavy atom. The van der Waals surface area contributed by atoms with Gasteiger partial charge in [0.15, 0.2) is 0 Å².